The van der Waals surface area contributed by atoms with Crippen molar-refractivity contribution < 1.29 is 24.2 Å². The Balaban J connectivity index is 1.80. The van der Waals surface area contributed by atoms with Gasteiger partial charge in [0.25, 0.3) is 5.91 Å². The number of aliphatic hydroxyl groups excluding tert-OH is 1. The standard InChI is InChI=1S/C15H19NO5S2/c1-20-14(19)12(8-17)16-13(18)9-21-11-4-2-10(3-5-11)15-22-6-7-23-15/h2-5,12,15,17H,6-9H2,1H3,(H,16,18)/t12-/m1/s1. The number of ether oxygens (including phenoxy) is 2. The van der Waals surface area contributed by atoms with Gasteiger partial charge in [-0.05, 0) is 17.7 Å². The fourth-order valence-electron chi connectivity index (χ4n) is 1.98. The quantitative estimate of drug-likeness (QED) is 0.709. The van der Waals surface area contributed by atoms with E-state index < -0.39 is 24.5 Å². The molecule has 1 aromatic rings. The van der Waals surface area contributed by atoms with E-state index in [9.17, 15) is 9.59 Å². The van der Waals surface area contributed by atoms with Crippen LogP contribution in [-0.2, 0) is 14.3 Å². The molecule has 1 amide bonds. The summed E-state index contributed by atoms with van der Waals surface area (Å²) in [7, 11) is 1.19. The number of amides is 1. The van der Waals surface area contributed by atoms with Gasteiger partial charge >= 0.3 is 5.97 Å². The molecule has 1 atom stereocenters. The predicted octanol–water partition coefficient (Wildman–Crippen LogP) is 1.19. The van der Waals surface area contributed by atoms with E-state index in [1.165, 1.54) is 24.2 Å². The first-order valence-corrected chi connectivity index (χ1v) is 9.18. The van der Waals surface area contributed by atoms with Crippen molar-refractivity contribution in [2.75, 3.05) is 31.8 Å². The minimum Gasteiger partial charge on any atom is -0.484 e. The zero-order valence-electron chi connectivity index (χ0n) is 12.7. The van der Waals surface area contributed by atoms with Crippen LogP contribution in [-0.4, -0.2) is 54.9 Å². The van der Waals surface area contributed by atoms with Crippen molar-refractivity contribution in [2.24, 2.45) is 0 Å². The number of hydrogen-bond donors (Lipinski definition) is 2. The molecule has 0 bridgehead atoms. The van der Waals surface area contributed by atoms with Crippen LogP contribution in [0.1, 0.15) is 10.1 Å². The fourth-order valence-corrected chi connectivity index (χ4v) is 4.84. The molecule has 126 valence electrons. The predicted molar refractivity (Wildman–Crippen MR) is 90.6 cm³/mol. The Bertz CT molecular complexity index is 531. The van der Waals surface area contributed by atoms with Gasteiger partial charge in [0.15, 0.2) is 12.6 Å². The molecule has 0 saturated carbocycles. The molecule has 2 rings (SSSR count). The van der Waals surface area contributed by atoms with Crippen LogP contribution in [0.3, 0.4) is 0 Å². The molecule has 1 aliphatic rings. The van der Waals surface area contributed by atoms with Crippen LogP contribution in [0.25, 0.3) is 0 Å². The number of hydrogen-bond acceptors (Lipinski definition) is 7. The minimum absolute atomic E-state index is 0.236. The normalized spacial score (nSPS) is 15.9. The summed E-state index contributed by atoms with van der Waals surface area (Å²) in [5, 5.41) is 11.4. The first-order valence-electron chi connectivity index (χ1n) is 7.08. The highest BCUT2D eigenvalue weighted by molar-refractivity contribution is 8.19. The number of rotatable bonds is 7. The Hall–Kier alpha value is -1.38. The van der Waals surface area contributed by atoms with Crippen molar-refractivity contribution in [2.45, 2.75) is 10.6 Å². The summed E-state index contributed by atoms with van der Waals surface area (Å²) in [6.45, 7) is -0.760. The van der Waals surface area contributed by atoms with Crippen LogP contribution in [0.2, 0.25) is 0 Å². The molecule has 1 aliphatic heterocycles. The molecule has 1 fully saturated rings. The van der Waals surface area contributed by atoms with E-state index in [0.29, 0.717) is 10.3 Å². The molecule has 1 aromatic carbocycles. The Morgan fingerprint density at radius 2 is 1.96 bits per heavy atom. The molecule has 0 unspecified atom stereocenters. The number of benzene rings is 1. The first-order chi connectivity index (χ1) is 11.1. The van der Waals surface area contributed by atoms with E-state index in [1.807, 2.05) is 47.8 Å². The van der Waals surface area contributed by atoms with Gasteiger partial charge in [-0.1, -0.05) is 12.1 Å². The molecular formula is C15H19NO5S2. The molecule has 0 aliphatic carbocycles. The fraction of sp³-hybridized carbons (Fsp3) is 0.467. The summed E-state index contributed by atoms with van der Waals surface area (Å²) in [4.78, 5) is 23.0. The maximum atomic E-state index is 11.7. The molecule has 1 heterocycles. The maximum absolute atomic E-state index is 11.7. The highest BCUT2D eigenvalue weighted by Gasteiger charge is 2.21. The Morgan fingerprint density at radius 1 is 1.30 bits per heavy atom. The van der Waals surface area contributed by atoms with Gasteiger partial charge < -0.3 is 19.9 Å². The number of thioether (sulfide) groups is 2. The average Bonchev–Trinajstić information content (AvgIpc) is 3.12. The molecule has 2 N–H and O–H groups in total. The lowest BCUT2D eigenvalue weighted by atomic mass is 10.2. The number of carbonyl (C=O) groups excluding carboxylic acids is 2. The van der Waals surface area contributed by atoms with Crippen LogP contribution < -0.4 is 10.1 Å². The van der Waals surface area contributed by atoms with Gasteiger partial charge in [-0.2, -0.15) is 0 Å². The van der Waals surface area contributed by atoms with Crippen molar-refractivity contribution in [3.05, 3.63) is 29.8 Å². The second kappa shape index (κ2) is 9.05. The van der Waals surface area contributed by atoms with Crippen LogP contribution in [0.15, 0.2) is 24.3 Å². The summed E-state index contributed by atoms with van der Waals surface area (Å²) >= 11 is 3.85. The lowest BCUT2D eigenvalue weighted by molar-refractivity contribution is -0.146. The average molecular weight is 357 g/mol. The van der Waals surface area contributed by atoms with E-state index in [0.717, 1.165) is 0 Å². The van der Waals surface area contributed by atoms with Crippen molar-refractivity contribution >= 4 is 35.4 Å². The van der Waals surface area contributed by atoms with Gasteiger partial charge in [0.05, 0.1) is 18.3 Å². The number of nitrogens with one attached hydrogen (secondary N) is 1. The third-order valence-electron chi connectivity index (χ3n) is 3.15. The van der Waals surface area contributed by atoms with Gasteiger partial charge in [0, 0.05) is 11.5 Å². The summed E-state index contributed by atoms with van der Waals surface area (Å²) in [5.74, 6) is 1.72. The smallest absolute Gasteiger partial charge is 0.330 e. The van der Waals surface area contributed by atoms with E-state index in [4.69, 9.17) is 9.84 Å². The van der Waals surface area contributed by atoms with Crippen LogP contribution in [0.4, 0.5) is 0 Å². The molecule has 23 heavy (non-hydrogen) atoms. The van der Waals surface area contributed by atoms with Crippen molar-refractivity contribution in [1.29, 1.82) is 0 Å². The Labute approximate surface area is 143 Å². The van der Waals surface area contributed by atoms with Gasteiger partial charge in [-0.25, -0.2) is 4.79 Å². The SMILES string of the molecule is COC(=O)[C@@H](CO)NC(=O)COc1ccc(C2SCCS2)cc1. The summed E-state index contributed by atoms with van der Waals surface area (Å²) in [6.07, 6.45) is 0. The monoisotopic (exact) mass is 357 g/mol. The summed E-state index contributed by atoms with van der Waals surface area (Å²) < 4.78 is 10.3. The minimum atomic E-state index is -1.07. The summed E-state index contributed by atoms with van der Waals surface area (Å²) in [5.41, 5.74) is 1.24. The van der Waals surface area contributed by atoms with Crippen molar-refractivity contribution in [3.63, 3.8) is 0 Å². The molecule has 6 nitrogen and oxygen atoms in total. The van der Waals surface area contributed by atoms with Crippen molar-refractivity contribution in [1.82, 2.24) is 5.32 Å². The first kappa shape index (κ1) is 18.0. The Kier molecular flexibility index (Phi) is 7.07. The zero-order chi connectivity index (χ0) is 16.7. The molecule has 1 saturated heterocycles. The van der Waals surface area contributed by atoms with E-state index in [2.05, 4.69) is 10.1 Å². The molecular weight excluding hydrogens is 338 g/mol. The topological polar surface area (TPSA) is 84.9 Å². The van der Waals surface area contributed by atoms with Gasteiger partial charge in [0.2, 0.25) is 0 Å². The number of methoxy groups -OCH3 is 1. The highest BCUT2D eigenvalue weighted by Crippen LogP contribution is 2.45. The third kappa shape index (κ3) is 5.33. The molecule has 0 radical (unpaired) electrons. The van der Waals surface area contributed by atoms with Gasteiger partial charge in [-0.15, -0.1) is 23.5 Å². The lowest BCUT2D eigenvalue weighted by Crippen LogP contribution is -2.45. The van der Waals surface area contributed by atoms with Crippen LogP contribution in [0.5, 0.6) is 5.75 Å². The second-order valence-corrected chi connectivity index (χ2v) is 7.48. The van der Waals surface area contributed by atoms with Gasteiger partial charge in [-0.3, -0.25) is 4.79 Å². The summed E-state index contributed by atoms with van der Waals surface area (Å²) in [6, 6.07) is 6.56. The zero-order valence-corrected chi connectivity index (χ0v) is 14.3. The van der Waals surface area contributed by atoms with Crippen LogP contribution >= 0.6 is 23.5 Å². The van der Waals surface area contributed by atoms with E-state index >= 15 is 0 Å². The van der Waals surface area contributed by atoms with E-state index in [-0.39, 0.29) is 6.61 Å². The molecule has 8 heteroatoms. The number of esters is 1. The van der Waals surface area contributed by atoms with Crippen LogP contribution in [0, 0.1) is 0 Å². The number of aliphatic hydroxyl groups is 1. The third-order valence-corrected chi connectivity index (χ3v) is 6.25. The van der Waals surface area contributed by atoms with Gasteiger partial charge in [0.1, 0.15) is 5.75 Å². The lowest BCUT2D eigenvalue weighted by Gasteiger charge is -2.14. The molecule has 0 aromatic heterocycles. The molecule has 0 spiro atoms. The van der Waals surface area contributed by atoms with Crippen molar-refractivity contribution in [3.8, 4) is 5.75 Å². The maximum Gasteiger partial charge on any atom is 0.330 e. The second-order valence-electron chi connectivity index (χ2n) is 4.76. The highest BCUT2D eigenvalue weighted by atomic mass is 32.2. The Morgan fingerprint density at radius 3 is 2.52 bits per heavy atom. The van der Waals surface area contributed by atoms with E-state index in [1.54, 1.807) is 0 Å². The number of carbonyl (C=O) groups is 2. The largest absolute Gasteiger partial charge is 0.484 e.